The number of pyridine rings is 1. The lowest BCUT2D eigenvalue weighted by atomic mass is 10.0. The van der Waals surface area contributed by atoms with Crippen molar-refractivity contribution in [2.24, 2.45) is 5.92 Å². The number of hydrogen-bond acceptors (Lipinski definition) is 6. The monoisotopic (exact) mass is 315 g/mol. The Labute approximate surface area is 120 Å². The van der Waals surface area contributed by atoms with Gasteiger partial charge >= 0.3 is 11.8 Å². The maximum absolute atomic E-state index is 12.4. The fourth-order valence-corrected chi connectivity index (χ4v) is 3.61. The summed E-state index contributed by atoms with van der Waals surface area (Å²) in [5.74, 6) is -2.22. The summed E-state index contributed by atoms with van der Waals surface area (Å²) in [5.41, 5.74) is 0. The van der Waals surface area contributed by atoms with Gasteiger partial charge in [-0.05, 0) is 28.8 Å². The standard InChI is InChI=1S/C11H13N3O6S/c15-11(16)8-2-1-5-13(7-8)21(19,20)9-3-4-10(12-6-9)14(17)18/h3-4,6,8H,1-2,5,7H2,(H,15,16)/t8-/m1/s1. The Hall–Kier alpha value is -2.07. The molecule has 0 spiro atoms. The lowest BCUT2D eigenvalue weighted by molar-refractivity contribution is -0.389. The van der Waals surface area contributed by atoms with Crippen molar-refractivity contribution in [3.05, 3.63) is 28.4 Å². The lowest BCUT2D eigenvalue weighted by Gasteiger charge is -2.29. The highest BCUT2D eigenvalue weighted by Crippen LogP contribution is 2.24. The summed E-state index contributed by atoms with van der Waals surface area (Å²) in [6, 6.07) is 2.11. The largest absolute Gasteiger partial charge is 0.481 e. The first-order valence-electron chi connectivity index (χ1n) is 6.16. The zero-order chi connectivity index (χ0) is 15.6. The topological polar surface area (TPSA) is 131 Å². The molecular formula is C11H13N3O6S. The smallest absolute Gasteiger partial charge is 0.363 e. The van der Waals surface area contributed by atoms with Gasteiger partial charge in [-0.25, -0.2) is 8.42 Å². The number of nitro groups is 1. The van der Waals surface area contributed by atoms with Crippen LogP contribution in [0, 0.1) is 16.0 Å². The summed E-state index contributed by atoms with van der Waals surface area (Å²) in [6.07, 6.45) is 1.80. The highest BCUT2D eigenvalue weighted by atomic mass is 32.2. The quantitative estimate of drug-likeness (QED) is 0.631. The van der Waals surface area contributed by atoms with Gasteiger partial charge in [-0.2, -0.15) is 4.31 Å². The van der Waals surface area contributed by atoms with Crippen molar-refractivity contribution in [3.63, 3.8) is 0 Å². The van der Waals surface area contributed by atoms with E-state index in [1.807, 2.05) is 0 Å². The van der Waals surface area contributed by atoms with Crippen LogP contribution in [0.4, 0.5) is 5.82 Å². The molecule has 1 aliphatic heterocycles. The Bertz CT molecular complexity index is 657. The average molecular weight is 315 g/mol. The van der Waals surface area contributed by atoms with Gasteiger partial charge in [0, 0.05) is 19.2 Å². The van der Waals surface area contributed by atoms with Crippen LogP contribution in [-0.2, 0) is 14.8 Å². The van der Waals surface area contributed by atoms with Crippen molar-refractivity contribution in [3.8, 4) is 0 Å². The van der Waals surface area contributed by atoms with Crippen LogP contribution in [0.1, 0.15) is 12.8 Å². The molecule has 0 radical (unpaired) electrons. The number of piperidine rings is 1. The highest BCUT2D eigenvalue weighted by Gasteiger charge is 2.34. The van der Waals surface area contributed by atoms with Gasteiger partial charge in [0.2, 0.25) is 10.0 Å². The molecule has 1 atom stereocenters. The van der Waals surface area contributed by atoms with E-state index in [9.17, 15) is 23.3 Å². The molecule has 2 rings (SSSR count). The third-order valence-corrected chi connectivity index (χ3v) is 5.13. The molecule has 1 saturated heterocycles. The molecule has 10 heteroatoms. The molecule has 0 aliphatic carbocycles. The fraction of sp³-hybridized carbons (Fsp3) is 0.455. The van der Waals surface area contributed by atoms with Gasteiger partial charge in [0.15, 0.2) is 6.20 Å². The third kappa shape index (κ3) is 3.16. The van der Waals surface area contributed by atoms with Gasteiger partial charge in [-0.1, -0.05) is 0 Å². The van der Waals surface area contributed by atoms with Gasteiger partial charge in [0.05, 0.1) is 5.92 Å². The van der Waals surface area contributed by atoms with Crippen molar-refractivity contribution >= 4 is 21.8 Å². The van der Waals surface area contributed by atoms with Crippen LogP contribution in [0.25, 0.3) is 0 Å². The van der Waals surface area contributed by atoms with Crippen molar-refractivity contribution in [1.29, 1.82) is 0 Å². The Morgan fingerprint density at radius 2 is 2.19 bits per heavy atom. The van der Waals surface area contributed by atoms with E-state index in [0.717, 1.165) is 22.6 Å². The zero-order valence-corrected chi connectivity index (χ0v) is 11.7. The number of aromatic nitrogens is 1. The molecule has 2 heterocycles. The van der Waals surface area contributed by atoms with Crippen LogP contribution in [0.2, 0.25) is 0 Å². The van der Waals surface area contributed by atoms with E-state index in [1.54, 1.807) is 0 Å². The summed E-state index contributed by atoms with van der Waals surface area (Å²) in [6.45, 7) is 0.123. The van der Waals surface area contributed by atoms with E-state index in [0.29, 0.717) is 12.8 Å². The summed E-state index contributed by atoms with van der Waals surface area (Å²) in [5, 5.41) is 19.5. The molecule has 0 bridgehead atoms. The maximum atomic E-state index is 12.4. The van der Waals surface area contributed by atoms with Crippen LogP contribution in [0.15, 0.2) is 23.2 Å². The van der Waals surface area contributed by atoms with Crippen molar-refractivity contribution in [1.82, 2.24) is 9.29 Å². The first kappa shape index (κ1) is 15.3. The number of carbonyl (C=O) groups is 1. The van der Waals surface area contributed by atoms with E-state index >= 15 is 0 Å². The van der Waals surface area contributed by atoms with Gasteiger partial charge in [-0.15, -0.1) is 0 Å². The van der Waals surface area contributed by atoms with E-state index in [4.69, 9.17) is 5.11 Å². The molecule has 1 aromatic heterocycles. The first-order valence-corrected chi connectivity index (χ1v) is 7.60. The molecule has 0 amide bonds. The molecule has 0 aromatic carbocycles. The van der Waals surface area contributed by atoms with E-state index in [1.165, 1.54) is 0 Å². The molecule has 0 saturated carbocycles. The number of nitrogens with zero attached hydrogens (tertiary/aromatic N) is 3. The normalized spacial score (nSPS) is 20.1. The van der Waals surface area contributed by atoms with E-state index < -0.39 is 32.7 Å². The number of carboxylic acid groups (broad SMARTS) is 1. The second-order valence-corrected chi connectivity index (χ2v) is 6.59. The van der Waals surface area contributed by atoms with Crippen LogP contribution in [-0.4, -0.2) is 46.8 Å². The first-order chi connectivity index (χ1) is 9.82. The minimum Gasteiger partial charge on any atom is -0.481 e. The molecule has 1 N–H and O–H groups in total. The number of sulfonamides is 1. The van der Waals surface area contributed by atoms with Crippen LogP contribution >= 0.6 is 0 Å². The Balaban J connectivity index is 2.24. The lowest BCUT2D eigenvalue weighted by Crippen LogP contribution is -2.42. The van der Waals surface area contributed by atoms with Gasteiger partial charge in [0.25, 0.3) is 0 Å². The maximum Gasteiger partial charge on any atom is 0.363 e. The molecule has 21 heavy (non-hydrogen) atoms. The van der Waals surface area contributed by atoms with Gasteiger partial charge in [0.1, 0.15) is 4.90 Å². The predicted molar refractivity (Wildman–Crippen MR) is 70.0 cm³/mol. The number of hydrogen-bond donors (Lipinski definition) is 1. The van der Waals surface area contributed by atoms with Gasteiger partial charge < -0.3 is 15.2 Å². The predicted octanol–water partition coefficient (Wildman–Crippen LogP) is 0.475. The summed E-state index contributed by atoms with van der Waals surface area (Å²) >= 11 is 0. The molecule has 9 nitrogen and oxygen atoms in total. The second-order valence-electron chi connectivity index (χ2n) is 4.65. The highest BCUT2D eigenvalue weighted by molar-refractivity contribution is 7.89. The average Bonchev–Trinajstić information content (AvgIpc) is 2.47. The molecular weight excluding hydrogens is 302 g/mol. The molecule has 1 aliphatic rings. The van der Waals surface area contributed by atoms with Crippen molar-refractivity contribution in [2.45, 2.75) is 17.7 Å². The third-order valence-electron chi connectivity index (χ3n) is 3.28. The zero-order valence-electron chi connectivity index (χ0n) is 10.9. The molecule has 114 valence electrons. The van der Waals surface area contributed by atoms with Crippen molar-refractivity contribution in [2.75, 3.05) is 13.1 Å². The minimum absolute atomic E-state index is 0.103. The Kier molecular flexibility index (Phi) is 4.19. The van der Waals surface area contributed by atoms with E-state index in [2.05, 4.69) is 4.98 Å². The van der Waals surface area contributed by atoms with E-state index in [-0.39, 0.29) is 18.0 Å². The summed E-state index contributed by atoms with van der Waals surface area (Å²) < 4.78 is 25.8. The second kappa shape index (κ2) is 5.74. The number of carboxylic acids is 1. The summed E-state index contributed by atoms with van der Waals surface area (Å²) in [4.78, 5) is 24.0. The molecule has 1 fully saturated rings. The van der Waals surface area contributed by atoms with Crippen molar-refractivity contribution < 1.29 is 23.2 Å². The van der Waals surface area contributed by atoms with Crippen LogP contribution < -0.4 is 0 Å². The Morgan fingerprint density at radius 3 is 2.71 bits per heavy atom. The van der Waals surface area contributed by atoms with Crippen LogP contribution in [0.3, 0.4) is 0 Å². The minimum atomic E-state index is -3.89. The fourth-order valence-electron chi connectivity index (χ4n) is 2.14. The van der Waals surface area contributed by atoms with Gasteiger partial charge in [-0.3, -0.25) is 4.79 Å². The number of aliphatic carboxylic acids is 1. The molecule has 1 aromatic rings. The number of rotatable bonds is 4. The summed E-state index contributed by atoms with van der Waals surface area (Å²) in [7, 11) is -3.89. The SMILES string of the molecule is O=C(O)[C@@H]1CCCN(S(=O)(=O)c2ccc([N+](=O)[O-])nc2)C1. The Morgan fingerprint density at radius 1 is 1.48 bits per heavy atom. The van der Waals surface area contributed by atoms with Crippen LogP contribution in [0.5, 0.6) is 0 Å². The molecule has 0 unspecified atom stereocenters.